The second-order valence-corrected chi connectivity index (χ2v) is 9.39. The Morgan fingerprint density at radius 3 is 2.44 bits per heavy atom. The summed E-state index contributed by atoms with van der Waals surface area (Å²) < 4.78 is 17.7. The predicted molar refractivity (Wildman–Crippen MR) is 142 cm³/mol. The van der Waals surface area contributed by atoms with Crippen molar-refractivity contribution in [2.24, 2.45) is 0 Å². The van der Waals surface area contributed by atoms with Crippen LogP contribution >= 0.6 is 0 Å². The smallest absolute Gasteiger partial charge is 0.196 e. The van der Waals surface area contributed by atoms with Gasteiger partial charge in [-0.3, -0.25) is 4.79 Å². The van der Waals surface area contributed by atoms with Gasteiger partial charge in [-0.1, -0.05) is 48.9 Å². The zero-order valence-electron chi connectivity index (χ0n) is 20.7. The van der Waals surface area contributed by atoms with Gasteiger partial charge in [0.25, 0.3) is 0 Å². The molecule has 0 unspecified atom stereocenters. The van der Waals surface area contributed by atoms with E-state index in [-0.39, 0.29) is 12.4 Å². The van der Waals surface area contributed by atoms with Crippen LogP contribution < -0.4 is 14.2 Å². The number of carbonyl (C=O) groups is 1. The minimum Gasteiger partial charge on any atom is -0.494 e. The molecule has 2 heterocycles. The molecule has 0 bridgehead atoms. The number of rotatable bonds is 9. The first-order chi connectivity index (χ1) is 17.7. The van der Waals surface area contributed by atoms with Crippen LogP contribution in [0.25, 0.3) is 6.08 Å². The molecular weight excluding hydrogens is 450 g/mol. The molecular formula is C31H33NO4. The first kappa shape index (κ1) is 24.1. The van der Waals surface area contributed by atoms with E-state index in [2.05, 4.69) is 4.90 Å². The van der Waals surface area contributed by atoms with Crippen molar-refractivity contribution in [3.05, 3.63) is 95.1 Å². The standard InChI is InChI=1S/C31H33NO4/c33-31-26(20-24-10-12-27(13-11-24)34-19-7-18-32-16-5-2-6-17-32)23-36-30-21-28(14-15-29(30)31)35-22-25-8-3-1-4-9-25/h1,3-4,8-15,20-21H,2,5-7,16-19,22-23H2. The third-order valence-electron chi connectivity index (χ3n) is 6.68. The Bertz CT molecular complexity index is 1180. The van der Waals surface area contributed by atoms with Gasteiger partial charge in [0, 0.05) is 18.2 Å². The van der Waals surface area contributed by atoms with Gasteiger partial charge in [-0.05, 0) is 73.8 Å². The van der Waals surface area contributed by atoms with Gasteiger partial charge < -0.3 is 19.1 Å². The first-order valence-corrected chi connectivity index (χ1v) is 12.9. The van der Waals surface area contributed by atoms with Gasteiger partial charge in [0.05, 0.1) is 12.2 Å². The van der Waals surface area contributed by atoms with E-state index in [1.807, 2.05) is 66.7 Å². The number of ketones is 1. The number of hydrogen-bond donors (Lipinski definition) is 0. The molecule has 0 spiro atoms. The Labute approximate surface area is 213 Å². The van der Waals surface area contributed by atoms with E-state index < -0.39 is 0 Å². The zero-order valence-corrected chi connectivity index (χ0v) is 20.7. The zero-order chi connectivity index (χ0) is 24.6. The maximum absolute atomic E-state index is 13.1. The van der Waals surface area contributed by atoms with Crippen LogP contribution in [0.2, 0.25) is 0 Å². The minimum absolute atomic E-state index is 0.0103. The summed E-state index contributed by atoms with van der Waals surface area (Å²) in [6.45, 7) is 4.98. The molecule has 5 nitrogen and oxygen atoms in total. The summed E-state index contributed by atoms with van der Waals surface area (Å²) in [7, 11) is 0. The number of carbonyl (C=O) groups excluding carboxylic acids is 1. The molecule has 2 aliphatic rings. The fourth-order valence-electron chi connectivity index (χ4n) is 4.66. The van der Waals surface area contributed by atoms with Crippen molar-refractivity contribution in [1.82, 2.24) is 4.90 Å². The van der Waals surface area contributed by atoms with Gasteiger partial charge in [-0.15, -0.1) is 0 Å². The average molecular weight is 484 g/mol. The number of nitrogens with zero attached hydrogens (tertiary/aromatic N) is 1. The maximum atomic E-state index is 13.1. The molecule has 36 heavy (non-hydrogen) atoms. The molecule has 1 saturated heterocycles. The lowest BCUT2D eigenvalue weighted by molar-refractivity contribution is 0.100. The molecule has 186 valence electrons. The Morgan fingerprint density at radius 1 is 0.861 bits per heavy atom. The second kappa shape index (κ2) is 11.9. The van der Waals surface area contributed by atoms with Gasteiger partial charge in [0.1, 0.15) is 30.5 Å². The van der Waals surface area contributed by atoms with Crippen molar-refractivity contribution in [3.8, 4) is 17.2 Å². The van der Waals surface area contributed by atoms with E-state index in [0.29, 0.717) is 29.2 Å². The normalized spacial score (nSPS) is 16.9. The highest BCUT2D eigenvalue weighted by Gasteiger charge is 2.24. The quantitative estimate of drug-likeness (QED) is 0.269. The van der Waals surface area contributed by atoms with E-state index >= 15 is 0 Å². The van der Waals surface area contributed by atoms with Crippen LogP contribution in [0.5, 0.6) is 17.2 Å². The Kier molecular flexibility index (Phi) is 7.99. The lowest BCUT2D eigenvalue weighted by atomic mass is 9.98. The maximum Gasteiger partial charge on any atom is 0.196 e. The lowest BCUT2D eigenvalue weighted by Crippen LogP contribution is -2.31. The van der Waals surface area contributed by atoms with Gasteiger partial charge in [-0.2, -0.15) is 0 Å². The van der Waals surface area contributed by atoms with Crippen molar-refractivity contribution < 1.29 is 19.0 Å². The molecule has 5 rings (SSSR count). The van der Waals surface area contributed by atoms with Gasteiger partial charge >= 0.3 is 0 Å². The summed E-state index contributed by atoms with van der Waals surface area (Å²) in [4.78, 5) is 15.6. The summed E-state index contributed by atoms with van der Waals surface area (Å²) in [6, 6.07) is 23.3. The number of hydrogen-bond acceptors (Lipinski definition) is 5. The van der Waals surface area contributed by atoms with Crippen LogP contribution in [0.3, 0.4) is 0 Å². The predicted octanol–water partition coefficient (Wildman–Crippen LogP) is 6.18. The highest BCUT2D eigenvalue weighted by atomic mass is 16.5. The summed E-state index contributed by atoms with van der Waals surface area (Å²) >= 11 is 0. The van der Waals surface area contributed by atoms with Crippen molar-refractivity contribution in [1.29, 1.82) is 0 Å². The third-order valence-corrected chi connectivity index (χ3v) is 6.68. The van der Waals surface area contributed by atoms with Crippen molar-refractivity contribution in [3.63, 3.8) is 0 Å². The van der Waals surface area contributed by atoms with Crippen LogP contribution in [-0.4, -0.2) is 43.5 Å². The Balaban J connectivity index is 1.14. The minimum atomic E-state index is -0.0103. The van der Waals surface area contributed by atoms with E-state index in [9.17, 15) is 4.79 Å². The first-order valence-electron chi connectivity index (χ1n) is 12.9. The topological polar surface area (TPSA) is 48.0 Å². The van der Waals surface area contributed by atoms with Crippen LogP contribution in [0.15, 0.2) is 78.4 Å². The van der Waals surface area contributed by atoms with Crippen LogP contribution in [0.4, 0.5) is 0 Å². The number of piperidine rings is 1. The second-order valence-electron chi connectivity index (χ2n) is 9.39. The fourth-order valence-corrected chi connectivity index (χ4v) is 4.66. The number of Topliss-reactive ketones (excluding diaryl/α,β-unsaturated/α-hetero) is 1. The summed E-state index contributed by atoms with van der Waals surface area (Å²) in [5.41, 5.74) is 3.24. The number of fused-ring (bicyclic) bond motifs is 1. The van der Waals surface area contributed by atoms with Crippen LogP contribution in [0.1, 0.15) is 47.2 Å². The van der Waals surface area contributed by atoms with Gasteiger partial charge in [-0.25, -0.2) is 0 Å². The van der Waals surface area contributed by atoms with E-state index in [0.717, 1.165) is 36.4 Å². The molecule has 0 aromatic heterocycles. The molecule has 0 aliphatic carbocycles. The molecule has 2 aliphatic heterocycles. The summed E-state index contributed by atoms with van der Waals surface area (Å²) in [5, 5.41) is 0. The Hall–Kier alpha value is -3.57. The molecule has 5 heteroatoms. The van der Waals surface area contributed by atoms with Gasteiger partial charge in [0.2, 0.25) is 0 Å². The van der Waals surface area contributed by atoms with Crippen molar-refractivity contribution >= 4 is 11.9 Å². The van der Waals surface area contributed by atoms with Gasteiger partial charge in [0.15, 0.2) is 5.78 Å². The molecule has 0 N–H and O–H groups in total. The Morgan fingerprint density at radius 2 is 1.64 bits per heavy atom. The SMILES string of the molecule is O=C1C(=Cc2ccc(OCCCN3CCCCC3)cc2)COc2cc(OCc3ccccc3)ccc21. The van der Waals surface area contributed by atoms with E-state index in [1.165, 1.54) is 32.4 Å². The van der Waals surface area contributed by atoms with E-state index in [4.69, 9.17) is 14.2 Å². The molecule has 0 radical (unpaired) electrons. The largest absolute Gasteiger partial charge is 0.494 e. The number of likely N-dealkylation sites (tertiary alicyclic amines) is 1. The highest BCUT2D eigenvalue weighted by molar-refractivity contribution is 6.14. The molecule has 3 aromatic carbocycles. The molecule has 1 fully saturated rings. The van der Waals surface area contributed by atoms with Crippen LogP contribution in [0, 0.1) is 0 Å². The average Bonchev–Trinajstić information content (AvgIpc) is 2.93. The summed E-state index contributed by atoms with van der Waals surface area (Å²) in [6.07, 6.45) is 6.94. The summed E-state index contributed by atoms with van der Waals surface area (Å²) in [5.74, 6) is 2.10. The van der Waals surface area contributed by atoms with E-state index in [1.54, 1.807) is 12.1 Å². The molecule has 3 aromatic rings. The lowest BCUT2D eigenvalue weighted by Gasteiger charge is -2.26. The monoisotopic (exact) mass is 483 g/mol. The number of benzene rings is 3. The number of ether oxygens (including phenoxy) is 3. The van der Waals surface area contributed by atoms with Crippen LogP contribution in [-0.2, 0) is 6.61 Å². The highest BCUT2D eigenvalue weighted by Crippen LogP contribution is 2.32. The van der Waals surface area contributed by atoms with Crippen molar-refractivity contribution in [2.45, 2.75) is 32.3 Å². The fraction of sp³-hybridized carbons (Fsp3) is 0.323. The molecule has 0 amide bonds. The van der Waals surface area contributed by atoms with Crippen molar-refractivity contribution in [2.75, 3.05) is 32.8 Å². The molecule has 0 atom stereocenters. The third kappa shape index (κ3) is 6.35. The molecule has 0 saturated carbocycles.